The molecule has 1 aromatic rings. The maximum Gasteiger partial charge on any atom is 0.148 e. The molecule has 2 rings (SSSR count). The van der Waals surface area contributed by atoms with Crippen molar-refractivity contribution < 1.29 is 4.74 Å². The Bertz CT molecular complexity index is 321. The van der Waals surface area contributed by atoms with Crippen LogP contribution in [-0.2, 0) is 4.74 Å². The molecule has 1 aliphatic heterocycles. The summed E-state index contributed by atoms with van der Waals surface area (Å²) < 4.78 is 5.22. The smallest absolute Gasteiger partial charge is 0.148 e. The standard InChI is InChI=1S/C9H12ClN3O/c10-8-6-13(3-4-14-8)9-5-7(11)1-2-12-9/h1-2,5,8H,3-4,6H2,(H2,11,12). The average Bonchev–Trinajstić information content (AvgIpc) is 2.18. The van der Waals surface area contributed by atoms with Gasteiger partial charge < -0.3 is 15.4 Å². The Morgan fingerprint density at radius 2 is 2.50 bits per heavy atom. The molecule has 0 saturated carbocycles. The highest BCUT2D eigenvalue weighted by Crippen LogP contribution is 2.18. The van der Waals surface area contributed by atoms with Gasteiger partial charge in [0, 0.05) is 24.5 Å². The molecular weight excluding hydrogens is 202 g/mol. The van der Waals surface area contributed by atoms with E-state index in [4.69, 9.17) is 22.1 Å². The van der Waals surface area contributed by atoms with Crippen molar-refractivity contribution in [2.24, 2.45) is 0 Å². The van der Waals surface area contributed by atoms with E-state index in [2.05, 4.69) is 9.88 Å². The zero-order valence-corrected chi connectivity index (χ0v) is 8.44. The number of halogens is 1. The van der Waals surface area contributed by atoms with Crippen molar-refractivity contribution >= 4 is 23.1 Å². The third kappa shape index (κ3) is 2.08. The Kier molecular flexibility index (Phi) is 2.74. The molecule has 76 valence electrons. The number of pyridine rings is 1. The molecule has 1 aliphatic rings. The first-order valence-corrected chi connectivity index (χ1v) is 4.91. The molecule has 0 spiro atoms. The highest BCUT2D eigenvalue weighted by atomic mass is 35.5. The number of aromatic nitrogens is 1. The third-order valence-electron chi connectivity index (χ3n) is 2.12. The number of nitrogen functional groups attached to an aromatic ring is 1. The number of rotatable bonds is 1. The van der Waals surface area contributed by atoms with Crippen LogP contribution in [0.15, 0.2) is 18.3 Å². The molecule has 2 heterocycles. The first-order chi connectivity index (χ1) is 6.75. The van der Waals surface area contributed by atoms with Gasteiger partial charge in [-0.05, 0) is 6.07 Å². The third-order valence-corrected chi connectivity index (χ3v) is 2.38. The van der Waals surface area contributed by atoms with Gasteiger partial charge in [-0.1, -0.05) is 11.6 Å². The first-order valence-electron chi connectivity index (χ1n) is 4.48. The lowest BCUT2D eigenvalue weighted by Crippen LogP contribution is -2.40. The summed E-state index contributed by atoms with van der Waals surface area (Å²) in [5.41, 5.74) is 6.13. The fourth-order valence-corrected chi connectivity index (χ4v) is 1.68. The number of hydrogen-bond donors (Lipinski definition) is 1. The van der Waals surface area contributed by atoms with E-state index in [9.17, 15) is 0 Å². The second-order valence-electron chi connectivity index (χ2n) is 3.17. The number of hydrogen-bond acceptors (Lipinski definition) is 4. The van der Waals surface area contributed by atoms with E-state index in [1.165, 1.54) is 0 Å². The van der Waals surface area contributed by atoms with Crippen molar-refractivity contribution in [2.45, 2.75) is 5.56 Å². The van der Waals surface area contributed by atoms with Gasteiger partial charge in [0.2, 0.25) is 0 Å². The van der Waals surface area contributed by atoms with Crippen molar-refractivity contribution in [3.05, 3.63) is 18.3 Å². The van der Waals surface area contributed by atoms with Crippen LogP contribution in [0, 0.1) is 0 Å². The van der Waals surface area contributed by atoms with Gasteiger partial charge in [-0.3, -0.25) is 0 Å². The van der Waals surface area contributed by atoms with Crippen LogP contribution in [0.25, 0.3) is 0 Å². The van der Waals surface area contributed by atoms with E-state index < -0.39 is 0 Å². The molecular formula is C9H12ClN3O. The maximum atomic E-state index is 5.88. The summed E-state index contributed by atoms with van der Waals surface area (Å²) in [6.07, 6.45) is 1.70. The van der Waals surface area contributed by atoms with Gasteiger partial charge >= 0.3 is 0 Å². The Balaban J connectivity index is 2.14. The normalized spacial score (nSPS) is 22.4. The Hall–Kier alpha value is -1.00. The molecule has 0 aliphatic carbocycles. The van der Waals surface area contributed by atoms with Crippen LogP contribution in [-0.4, -0.2) is 30.2 Å². The number of anilines is 2. The van der Waals surface area contributed by atoms with Gasteiger partial charge in [-0.15, -0.1) is 0 Å². The van der Waals surface area contributed by atoms with Crippen LogP contribution in [0.4, 0.5) is 11.5 Å². The van der Waals surface area contributed by atoms with Gasteiger partial charge in [0.1, 0.15) is 11.4 Å². The molecule has 0 radical (unpaired) electrons. The van der Waals surface area contributed by atoms with Crippen LogP contribution in [0.2, 0.25) is 0 Å². The molecule has 1 saturated heterocycles. The van der Waals surface area contributed by atoms with Crippen LogP contribution in [0.3, 0.4) is 0 Å². The zero-order valence-electron chi connectivity index (χ0n) is 7.69. The Morgan fingerprint density at radius 1 is 1.64 bits per heavy atom. The summed E-state index contributed by atoms with van der Waals surface area (Å²) in [6.45, 7) is 2.09. The number of nitrogens with two attached hydrogens (primary N) is 1. The molecule has 1 atom stereocenters. The van der Waals surface area contributed by atoms with Gasteiger partial charge in [0.25, 0.3) is 0 Å². The molecule has 0 amide bonds. The molecule has 2 N–H and O–H groups in total. The minimum atomic E-state index is -0.257. The second kappa shape index (κ2) is 4.02. The van der Waals surface area contributed by atoms with E-state index in [-0.39, 0.29) is 5.56 Å². The van der Waals surface area contributed by atoms with E-state index in [1.54, 1.807) is 12.3 Å². The van der Waals surface area contributed by atoms with Crippen LogP contribution in [0.5, 0.6) is 0 Å². The summed E-state index contributed by atoms with van der Waals surface area (Å²) >= 11 is 5.88. The molecule has 1 unspecified atom stereocenters. The van der Waals surface area contributed by atoms with E-state index >= 15 is 0 Å². The lowest BCUT2D eigenvalue weighted by molar-refractivity contribution is 0.0931. The number of nitrogens with zero attached hydrogens (tertiary/aromatic N) is 2. The molecule has 5 heteroatoms. The maximum absolute atomic E-state index is 5.88. The largest absolute Gasteiger partial charge is 0.399 e. The first kappa shape index (κ1) is 9.55. The SMILES string of the molecule is Nc1ccnc(N2CCOC(Cl)C2)c1. The van der Waals surface area contributed by atoms with Gasteiger partial charge in [0.15, 0.2) is 0 Å². The van der Waals surface area contributed by atoms with Crippen LogP contribution < -0.4 is 10.6 Å². The van der Waals surface area contributed by atoms with E-state index in [1.807, 2.05) is 6.07 Å². The second-order valence-corrected chi connectivity index (χ2v) is 3.66. The Labute approximate surface area is 87.6 Å². The fourth-order valence-electron chi connectivity index (χ4n) is 1.42. The molecule has 1 fully saturated rings. The molecule has 1 aromatic heterocycles. The quantitative estimate of drug-likeness (QED) is 0.709. The van der Waals surface area contributed by atoms with Crippen molar-refractivity contribution in [3.8, 4) is 0 Å². The predicted molar refractivity (Wildman–Crippen MR) is 56.5 cm³/mol. The summed E-state index contributed by atoms with van der Waals surface area (Å²) in [4.78, 5) is 6.30. The number of ether oxygens (including phenoxy) is 1. The highest BCUT2D eigenvalue weighted by Gasteiger charge is 2.19. The van der Waals surface area contributed by atoms with Gasteiger partial charge in [-0.25, -0.2) is 4.98 Å². The minimum Gasteiger partial charge on any atom is -0.399 e. The predicted octanol–water partition coefficient (Wildman–Crippen LogP) is 1.07. The summed E-state index contributed by atoms with van der Waals surface area (Å²) in [5, 5.41) is 0. The average molecular weight is 214 g/mol. The molecule has 14 heavy (non-hydrogen) atoms. The van der Waals surface area contributed by atoms with Gasteiger partial charge in [0.05, 0.1) is 13.2 Å². The summed E-state index contributed by atoms with van der Waals surface area (Å²) in [5.74, 6) is 0.860. The van der Waals surface area contributed by atoms with E-state index in [0.29, 0.717) is 18.8 Å². The number of morpholine rings is 1. The molecule has 0 bridgehead atoms. The van der Waals surface area contributed by atoms with E-state index in [0.717, 1.165) is 12.4 Å². The highest BCUT2D eigenvalue weighted by molar-refractivity contribution is 6.20. The fraction of sp³-hybridized carbons (Fsp3) is 0.444. The monoisotopic (exact) mass is 213 g/mol. The number of alkyl halides is 1. The zero-order chi connectivity index (χ0) is 9.97. The summed E-state index contributed by atoms with van der Waals surface area (Å²) in [7, 11) is 0. The summed E-state index contributed by atoms with van der Waals surface area (Å²) in [6, 6.07) is 3.61. The Morgan fingerprint density at radius 3 is 3.21 bits per heavy atom. The van der Waals surface area contributed by atoms with Crippen molar-refractivity contribution in [2.75, 3.05) is 30.3 Å². The van der Waals surface area contributed by atoms with Gasteiger partial charge in [-0.2, -0.15) is 0 Å². The minimum absolute atomic E-state index is 0.257. The van der Waals surface area contributed by atoms with Crippen molar-refractivity contribution in [1.29, 1.82) is 0 Å². The topological polar surface area (TPSA) is 51.4 Å². The molecule has 0 aromatic carbocycles. The van der Waals surface area contributed by atoms with Crippen LogP contribution in [0.1, 0.15) is 0 Å². The lowest BCUT2D eigenvalue weighted by Gasteiger charge is -2.30. The van der Waals surface area contributed by atoms with Crippen molar-refractivity contribution in [1.82, 2.24) is 4.98 Å². The lowest BCUT2D eigenvalue weighted by atomic mass is 10.3. The van der Waals surface area contributed by atoms with Crippen LogP contribution >= 0.6 is 11.6 Å². The van der Waals surface area contributed by atoms with Crippen molar-refractivity contribution in [3.63, 3.8) is 0 Å². The molecule has 4 nitrogen and oxygen atoms in total.